The number of amides is 3. The molecular formula is C28H33N5O5. The number of hydrogen-bond donors (Lipinski definition) is 4. The summed E-state index contributed by atoms with van der Waals surface area (Å²) >= 11 is 0. The number of nitrogens with one attached hydrogen (secondary N) is 1. The summed E-state index contributed by atoms with van der Waals surface area (Å²) in [4.78, 5) is 55.6. The van der Waals surface area contributed by atoms with Crippen molar-refractivity contribution in [3.8, 4) is 0 Å². The maximum Gasteiger partial charge on any atom is 0.325 e. The number of carbonyl (C=O) groups excluding carboxylic acids is 3. The van der Waals surface area contributed by atoms with Gasteiger partial charge in [0.1, 0.15) is 11.4 Å². The molecule has 10 nitrogen and oxygen atoms in total. The highest BCUT2D eigenvalue weighted by atomic mass is 16.4. The molecule has 2 aromatic rings. The molecule has 3 amide bonds. The van der Waals surface area contributed by atoms with Gasteiger partial charge in [-0.15, -0.1) is 0 Å². The van der Waals surface area contributed by atoms with Gasteiger partial charge in [-0.25, -0.2) is 0 Å². The van der Waals surface area contributed by atoms with E-state index in [4.69, 9.17) is 16.9 Å². The number of nitrogens with zero attached hydrogens (tertiary/aromatic N) is 2. The topological polar surface area (TPSA) is 171 Å². The number of nitrogen functional groups attached to an aromatic ring is 1. The van der Waals surface area contributed by atoms with Crippen LogP contribution in [0.5, 0.6) is 0 Å². The fourth-order valence-corrected chi connectivity index (χ4v) is 6.24. The summed E-state index contributed by atoms with van der Waals surface area (Å²) in [6.07, 6.45) is 0.312. The average Bonchev–Trinajstić information content (AvgIpc) is 3.32. The second kappa shape index (κ2) is 10.4. The van der Waals surface area contributed by atoms with Gasteiger partial charge in [-0.2, -0.15) is 0 Å². The molecule has 0 aromatic heterocycles. The fourth-order valence-electron chi connectivity index (χ4n) is 6.24. The molecule has 4 atom stereocenters. The summed E-state index contributed by atoms with van der Waals surface area (Å²) < 4.78 is 0. The van der Waals surface area contributed by atoms with E-state index in [1.807, 2.05) is 30.3 Å². The number of nitrogens with two attached hydrogens (primary N) is 2. The van der Waals surface area contributed by atoms with Crippen molar-refractivity contribution in [2.45, 2.75) is 38.3 Å². The molecule has 2 fully saturated rings. The van der Waals surface area contributed by atoms with Crippen LogP contribution in [0.2, 0.25) is 0 Å². The van der Waals surface area contributed by atoms with Crippen molar-refractivity contribution in [1.29, 1.82) is 5.41 Å². The summed E-state index contributed by atoms with van der Waals surface area (Å²) in [6.45, 7) is 3.54. The van der Waals surface area contributed by atoms with Gasteiger partial charge in [-0.05, 0) is 23.5 Å². The lowest BCUT2D eigenvalue weighted by molar-refractivity contribution is -0.162. The molecule has 2 saturated heterocycles. The van der Waals surface area contributed by atoms with Crippen LogP contribution in [0.15, 0.2) is 54.6 Å². The van der Waals surface area contributed by atoms with Crippen molar-refractivity contribution in [2.24, 2.45) is 29.2 Å². The second-order valence-corrected chi connectivity index (χ2v) is 10.2. The van der Waals surface area contributed by atoms with Crippen molar-refractivity contribution in [3.05, 3.63) is 71.3 Å². The minimum Gasteiger partial charge on any atom is -0.480 e. The second-order valence-electron chi connectivity index (χ2n) is 10.2. The molecule has 2 aliphatic heterocycles. The van der Waals surface area contributed by atoms with Gasteiger partial charge in [0, 0.05) is 31.1 Å². The zero-order chi connectivity index (χ0) is 27.8. The molecule has 0 spiro atoms. The first-order chi connectivity index (χ1) is 18.0. The maximum absolute atomic E-state index is 13.9. The van der Waals surface area contributed by atoms with E-state index in [-0.39, 0.29) is 25.3 Å². The zero-order valence-electron chi connectivity index (χ0n) is 21.5. The van der Waals surface area contributed by atoms with E-state index in [1.54, 1.807) is 43.0 Å². The van der Waals surface area contributed by atoms with Crippen LogP contribution in [0.4, 0.5) is 0 Å². The molecule has 10 heteroatoms. The van der Waals surface area contributed by atoms with Crippen LogP contribution in [0.1, 0.15) is 43.0 Å². The van der Waals surface area contributed by atoms with Crippen LogP contribution < -0.4 is 11.5 Å². The van der Waals surface area contributed by atoms with E-state index >= 15 is 0 Å². The number of aliphatic carboxylic acids is 1. The Morgan fingerprint density at radius 1 is 1.00 bits per heavy atom. The maximum atomic E-state index is 13.9. The Labute approximate surface area is 221 Å². The predicted molar refractivity (Wildman–Crippen MR) is 140 cm³/mol. The minimum absolute atomic E-state index is 0.0312. The molecule has 2 aromatic carbocycles. The Kier molecular flexibility index (Phi) is 7.37. The first-order valence-corrected chi connectivity index (χ1v) is 12.6. The van der Waals surface area contributed by atoms with E-state index in [9.17, 15) is 24.3 Å². The van der Waals surface area contributed by atoms with E-state index < -0.39 is 53.0 Å². The standard InChI is InChI=1S/C28H33N5O5/c1-16(2)28(27(37)38)22-21(25(35)32(26(22)36)14-12-17-6-4-3-5-7-17)23(33(28)15-13-20(29)34)18-8-10-19(11-9-18)24(30)31/h3-11,16,21-23H,12-15H2,1-2H3,(H2,29,34)(H3,30,31)(H,37,38). The SMILES string of the molecule is CC(C)C1(C(=O)O)C2C(=O)N(CCc3ccccc3)C(=O)C2C(c2ccc(C(=N)N)cc2)N1CCC(N)=O. The first kappa shape index (κ1) is 27.0. The minimum atomic E-state index is -1.74. The van der Waals surface area contributed by atoms with Crippen LogP contribution in [0.25, 0.3) is 0 Å². The molecule has 2 heterocycles. The number of carboxylic acids is 1. The molecule has 0 saturated carbocycles. The molecule has 0 aliphatic carbocycles. The Bertz CT molecular complexity index is 1260. The lowest BCUT2D eigenvalue weighted by atomic mass is 9.73. The quantitative estimate of drug-likeness (QED) is 0.209. The number of benzene rings is 2. The van der Waals surface area contributed by atoms with Gasteiger partial charge in [-0.3, -0.25) is 34.4 Å². The van der Waals surface area contributed by atoms with Crippen molar-refractivity contribution in [1.82, 2.24) is 9.80 Å². The zero-order valence-corrected chi connectivity index (χ0v) is 21.5. The average molecular weight is 520 g/mol. The van der Waals surface area contributed by atoms with Gasteiger partial charge >= 0.3 is 5.97 Å². The highest BCUT2D eigenvalue weighted by Crippen LogP contribution is 2.57. The fraction of sp³-hybridized carbons (Fsp3) is 0.393. The van der Waals surface area contributed by atoms with Gasteiger partial charge in [0.2, 0.25) is 17.7 Å². The third kappa shape index (κ3) is 4.34. The van der Waals surface area contributed by atoms with Crippen molar-refractivity contribution in [2.75, 3.05) is 13.1 Å². The van der Waals surface area contributed by atoms with Gasteiger partial charge in [0.05, 0.1) is 11.8 Å². The van der Waals surface area contributed by atoms with Crippen molar-refractivity contribution in [3.63, 3.8) is 0 Å². The van der Waals surface area contributed by atoms with E-state index in [1.165, 1.54) is 4.90 Å². The lowest BCUT2D eigenvalue weighted by Gasteiger charge is -2.43. The highest BCUT2D eigenvalue weighted by Gasteiger charge is 2.72. The molecule has 2 aliphatic rings. The molecule has 4 rings (SSSR count). The molecule has 200 valence electrons. The monoisotopic (exact) mass is 519 g/mol. The van der Waals surface area contributed by atoms with Crippen molar-refractivity contribution < 1.29 is 24.3 Å². The number of carbonyl (C=O) groups is 4. The molecule has 6 N–H and O–H groups in total. The highest BCUT2D eigenvalue weighted by molar-refractivity contribution is 6.09. The summed E-state index contributed by atoms with van der Waals surface area (Å²) in [5.41, 5.74) is 11.3. The summed E-state index contributed by atoms with van der Waals surface area (Å²) in [6, 6.07) is 15.3. The number of imide groups is 1. The molecule has 0 radical (unpaired) electrons. The van der Waals surface area contributed by atoms with Gasteiger partial charge in [-0.1, -0.05) is 68.4 Å². The van der Waals surface area contributed by atoms with Crippen LogP contribution in [-0.4, -0.2) is 63.1 Å². The largest absolute Gasteiger partial charge is 0.480 e. The number of carboxylic acid groups (broad SMARTS) is 1. The Hall–Kier alpha value is -4.05. The number of likely N-dealkylation sites (tertiary alicyclic amines) is 2. The third-order valence-corrected chi connectivity index (χ3v) is 7.92. The smallest absolute Gasteiger partial charge is 0.325 e. The predicted octanol–water partition coefficient (Wildman–Crippen LogP) is 1.53. The van der Waals surface area contributed by atoms with Gasteiger partial charge in [0.15, 0.2) is 0 Å². The van der Waals surface area contributed by atoms with Crippen molar-refractivity contribution >= 4 is 29.5 Å². The summed E-state index contributed by atoms with van der Waals surface area (Å²) in [5, 5.41) is 18.4. The molecule has 4 unspecified atom stereocenters. The van der Waals surface area contributed by atoms with Crippen LogP contribution >= 0.6 is 0 Å². The van der Waals surface area contributed by atoms with E-state index in [0.717, 1.165) is 5.56 Å². The van der Waals surface area contributed by atoms with Gasteiger partial charge < -0.3 is 16.6 Å². The van der Waals surface area contributed by atoms with Crippen LogP contribution in [0.3, 0.4) is 0 Å². The number of primary amides is 1. The van der Waals surface area contributed by atoms with E-state index in [0.29, 0.717) is 17.5 Å². The number of fused-ring (bicyclic) bond motifs is 1. The van der Waals surface area contributed by atoms with E-state index in [2.05, 4.69) is 0 Å². The summed E-state index contributed by atoms with van der Waals surface area (Å²) in [5.74, 6) is -5.59. The number of amidine groups is 1. The first-order valence-electron chi connectivity index (χ1n) is 12.6. The van der Waals surface area contributed by atoms with Crippen LogP contribution in [0, 0.1) is 23.2 Å². The molecule has 38 heavy (non-hydrogen) atoms. The Morgan fingerprint density at radius 3 is 2.16 bits per heavy atom. The van der Waals surface area contributed by atoms with Crippen LogP contribution in [-0.2, 0) is 25.6 Å². The molecular weight excluding hydrogens is 486 g/mol. The van der Waals surface area contributed by atoms with Gasteiger partial charge in [0.25, 0.3) is 0 Å². The summed E-state index contributed by atoms with van der Waals surface area (Å²) in [7, 11) is 0. The number of rotatable bonds is 10. The normalized spacial score (nSPS) is 25.1. The Balaban J connectivity index is 1.83. The number of hydrogen-bond acceptors (Lipinski definition) is 6. The lowest BCUT2D eigenvalue weighted by Crippen LogP contribution is -2.61. The Morgan fingerprint density at radius 2 is 1.63 bits per heavy atom. The third-order valence-electron chi connectivity index (χ3n) is 7.92. The molecule has 0 bridgehead atoms.